The van der Waals surface area contributed by atoms with Crippen LogP contribution in [-0.2, 0) is 9.59 Å². The molecule has 1 aliphatic carbocycles. The summed E-state index contributed by atoms with van der Waals surface area (Å²) in [6.07, 6.45) is 7.13. The van der Waals surface area contributed by atoms with Gasteiger partial charge in [0.1, 0.15) is 0 Å². The van der Waals surface area contributed by atoms with Gasteiger partial charge in [0.25, 0.3) is 0 Å². The molecule has 0 aliphatic heterocycles. The summed E-state index contributed by atoms with van der Waals surface area (Å²) in [4.78, 5) is 21.8. The predicted octanol–water partition coefficient (Wildman–Crippen LogP) is 1.47. The van der Waals surface area contributed by atoms with Crippen LogP contribution in [0.1, 0.15) is 13.3 Å². The van der Waals surface area contributed by atoms with Gasteiger partial charge in [0.15, 0.2) is 5.78 Å². The van der Waals surface area contributed by atoms with Crippen LogP contribution in [0.3, 0.4) is 0 Å². The van der Waals surface area contributed by atoms with Crippen LogP contribution in [0, 0.1) is 0 Å². The third kappa shape index (κ3) is 2.15. The average molecular weight is 178 g/mol. The molecule has 0 amide bonds. The number of rotatable bonds is 2. The van der Waals surface area contributed by atoms with Gasteiger partial charge < -0.3 is 5.11 Å². The van der Waals surface area contributed by atoms with Gasteiger partial charge in [0.05, 0.1) is 5.57 Å². The second kappa shape index (κ2) is 3.85. The van der Waals surface area contributed by atoms with Gasteiger partial charge in [-0.1, -0.05) is 18.2 Å². The molecule has 0 radical (unpaired) electrons. The van der Waals surface area contributed by atoms with Gasteiger partial charge in [-0.2, -0.15) is 0 Å². The number of hydrogen-bond donors (Lipinski definition) is 1. The van der Waals surface area contributed by atoms with Crippen molar-refractivity contribution in [1.29, 1.82) is 0 Å². The Morgan fingerprint density at radius 1 is 1.38 bits per heavy atom. The molecule has 0 atom stereocenters. The van der Waals surface area contributed by atoms with Crippen molar-refractivity contribution in [3.8, 4) is 0 Å². The lowest BCUT2D eigenvalue weighted by molar-refractivity contribution is -0.132. The van der Waals surface area contributed by atoms with Crippen molar-refractivity contribution < 1.29 is 14.7 Å². The monoisotopic (exact) mass is 178 g/mol. The fourth-order valence-corrected chi connectivity index (χ4v) is 1.15. The molecule has 0 saturated heterocycles. The van der Waals surface area contributed by atoms with E-state index in [1.54, 1.807) is 18.2 Å². The first kappa shape index (κ1) is 9.45. The summed E-state index contributed by atoms with van der Waals surface area (Å²) >= 11 is 0. The van der Waals surface area contributed by atoms with Crippen molar-refractivity contribution in [1.82, 2.24) is 0 Å². The maximum atomic E-state index is 11.1. The smallest absolute Gasteiger partial charge is 0.336 e. The second-order valence-corrected chi connectivity index (χ2v) is 2.72. The molecule has 1 rings (SSSR count). The van der Waals surface area contributed by atoms with Gasteiger partial charge in [-0.05, 0) is 19.4 Å². The fraction of sp³-hybridized carbons (Fsp3) is 0.200. The van der Waals surface area contributed by atoms with Gasteiger partial charge >= 0.3 is 5.97 Å². The Morgan fingerprint density at radius 2 is 2.08 bits per heavy atom. The largest absolute Gasteiger partial charge is 0.478 e. The van der Waals surface area contributed by atoms with E-state index in [2.05, 4.69) is 0 Å². The average Bonchev–Trinajstić information content (AvgIpc) is 2.27. The zero-order valence-electron chi connectivity index (χ0n) is 7.28. The summed E-state index contributed by atoms with van der Waals surface area (Å²) in [5.41, 5.74) is 0.360. The molecule has 0 fully saturated rings. The molecule has 68 valence electrons. The zero-order chi connectivity index (χ0) is 9.84. The molecule has 0 heterocycles. The van der Waals surface area contributed by atoms with Crippen LogP contribution in [0.4, 0.5) is 0 Å². The summed E-state index contributed by atoms with van der Waals surface area (Å²) in [6.45, 7) is 1.37. The maximum absolute atomic E-state index is 11.1. The van der Waals surface area contributed by atoms with E-state index in [4.69, 9.17) is 5.11 Å². The highest BCUT2D eigenvalue weighted by atomic mass is 16.4. The molecular formula is C10H10O3. The Hall–Kier alpha value is -1.64. The van der Waals surface area contributed by atoms with E-state index in [-0.39, 0.29) is 16.9 Å². The van der Waals surface area contributed by atoms with Crippen LogP contribution in [0.2, 0.25) is 0 Å². The number of carbonyl (C=O) groups is 2. The molecule has 0 aromatic carbocycles. The number of allylic oxidation sites excluding steroid dienone is 4. The lowest BCUT2D eigenvalue weighted by Crippen LogP contribution is -2.08. The standard InChI is InChI=1S/C10H10O3/c1-7(11)8-5-3-2-4-6-9(8)10(12)13/h2,4-6H,3H2,1H3,(H,12,13). The minimum Gasteiger partial charge on any atom is -0.478 e. The predicted molar refractivity (Wildman–Crippen MR) is 48.2 cm³/mol. The third-order valence-electron chi connectivity index (χ3n) is 1.76. The Kier molecular flexibility index (Phi) is 2.80. The highest BCUT2D eigenvalue weighted by molar-refractivity contribution is 6.08. The van der Waals surface area contributed by atoms with Crippen LogP contribution in [0.5, 0.6) is 0 Å². The number of carboxylic acids is 1. The van der Waals surface area contributed by atoms with Crippen molar-refractivity contribution in [2.24, 2.45) is 0 Å². The maximum Gasteiger partial charge on any atom is 0.336 e. The van der Waals surface area contributed by atoms with E-state index in [0.717, 1.165) is 0 Å². The number of Topliss-reactive ketones (excluding diaryl/α,β-unsaturated/α-hetero) is 1. The summed E-state index contributed by atoms with van der Waals surface area (Å²) in [5, 5.41) is 8.79. The van der Waals surface area contributed by atoms with Crippen molar-refractivity contribution in [3.05, 3.63) is 35.5 Å². The molecule has 3 nitrogen and oxygen atoms in total. The normalized spacial score (nSPS) is 15.8. The van der Waals surface area contributed by atoms with E-state index in [9.17, 15) is 9.59 Å². The Bertz CT molecular complexity index is 332. The number of ketones is 1. The van der Waals surface area contributed by atoms with E-state index in [1.807, 2.05) is 0 Å². The van der Waals surface area contributed by atoms with Crippen molar-refractivity contribution in [2.45, 2.75) is 13.3 Å². The summed E-state index contributed by atoms with van der Waals surface area (Å²) in [7, 11) is 0. The minimum absolute atomic E-state index is 0.0706. The van der Waals surface area contributed by atoms with Gasteiger partial charge in [-0.15, -0.1) is 0 Å². The second-order valence-electron chi connectivity index (χ2n) is 2.72. The molecule has 0 aromatic rings. The lowest BCUT2D eigenvalue weighted by atomic mass is 10.0. The molecule has 13 heavy (non-hydrogen) atoms. The Morgan fingerprint density at radius 3 is 2.62 bits per heavy atom. The molecule has 0 saturated carbocycles. The molecular weight excluding hydrogens is 168 g/mol. The van der Waals surface area contributed by atoms with Gasteiger partial charge in [-0.3, -0.25) is 4.79 Å². The van der Waals surface area contributed by atoms with Crippen molar-refractivity contribution in [2.75, 3.05) is 0 Å². The topological polar surface area (TPSA) is 54.4 Å². The van der Waals surface area contributed by atoms with Crippen LogP contribution >= 0.6 is 0 Å². The Balaban J connectivity index is 3.11. The SMILES string of the molecule is CC(=O)C1=CCC=CC=C1C(=O)O. The first-order valence-electron chi connectivity index (χ1n) is 3.94. The first-order chi connectivity index (χ1) is 6.13. The van der Waals surface area contributed by atoms with Gasteiger partial charge in [0, 0.05) is 5.57 Å². The number of carboxylic acid groups (broad SMARTS) is 1. The van der Waals surface area contributed by atoms with Crippen molar-refractivity contribution >= 4 is 11.8 Å². The number of hydrogen-bond acceptors (Lipinski definition) is 2. The van der Waals surface area contributed by atoms with E-state index in [0.29, 0.717) is 6.42 Å². The van der Waals surface area contributed by atoms with Gasteiger partial charge in [0.2, 0.25) is 0 Å². The Labute approximate surface area is 76.1 Å². The third-order valence-corrected chi connectivity index (χ3v) is 1.76. The van der Waals surface area contributed by atoms with E-state index >= 15 is 0 Å². The lowest BCUT2D eigenvalue weighted by Gasteiger charge is -2.01. The fourth-order valence-electron chi connectivity index (χ4n) is 1.15. The van der Waals surface area contributed by atoms with Crippen LogP contribution < -0.4 is 0 Å². The minimum atomic E-state index is -1.06. The molecule has 0 unspecified atom stereocenters. The zero-order valence-corrected chi connectivity index (χ0v) is 7.28. The summed E-state index contributed by atoms with van der Waals surface area (Å²) in [6, 6.07) is 0. The molecule has 0 spiro atoms. The van der Waals surface area contributed by atoms with Crippen LogP contribution in [0.25, 0.3) is 0 Å². The van der Waals surface area contributed by atoms with E-state index in [1.165, 1.54) is 13.0 Å². The van der Waals surface area contributed by atoms with Crippen LogP contribution in [0.15, 0.2) is 35.5 Å². The van der Waals surface area contributed by atoms with Gasteiger partial charge in [-0.25, -0.2) is 4.79 Å². The molecule has 1 N–H and O–H groups in total. The summed E-state index contributed by atoms with van der Waals surface area (Å²) in [5.74, 6) is -1.27. The quantitative estimate of drug-likeness (QED) is 0.696. The molecule has 0 aromatic heterocycles. The molecule has 3 heteroatoms. The van der Waals surface area contributed by atoms with Crippen LogP contribution in [-0.4, -0.2) is 16.9 Å². The highest BCUT2D eigenvalue weighted by Crippen LogP contribution is 2.15. The number of carbonyl (C=O) groups excluding carboxylic acids is 1. The van der Waals surface area contributed by atoms with Crippen molar-refractivity contribution in [3.63, 3.8) is 0 Å². The number of aliphatic carboxylic acids is 1. The molecule has 0 bridgehead atoms. The summed E-state index contributed by atoms with van der Waals surface area (Å²) < 4.78 is 0. The van der Waals surface area contributed by atoms with E-state index < -0.39 is 5.97 Å². The highest BCUT2D eigenvalue weighted by Gasteiger charge is 2.16. The first-order valence-corrected chi connectivity index (χ1v) is 3.94. The molecule has 1 aliphatic rings.